The van der Waals surface area contributed by atoms with Gasteiger partial charge in [0.1, 0.15) is 0 Å². The molecule has 0 radical (unpaired) electrons. The molecule has 2 N–H and O–H groups in total. The molecule has 0 aromatic heterocycles. The van der Waals surface area contributed by atoms with Crippen LogP contribution in [0.5, 0.6) is 17.2 Å². The van der Waals surface area contributed by atoms with Crippen LogP contribution in [0, 0.1) is 0 Å². The van der Waals surface area contributed by atoms with Gasteiger partial charge in [-0.1, -0.05) is 66.7 Å². The monoisotopic (exact) mass is 522 g/mol. The van der Waals surface area contributed by atoms with Crippen LogP contribution >= 0.6 is 24.8 Å². The van der Waals surface area contributed by atoms with Crippen molar-refractivity contribution < 1.29 is 19.7 Å². The van der Waals surface area contributed by atoms with E-state index in [0.717, 1.165) is 44.0 Å². The minimum absolute atomic E-state index is 0. The smallest absolute Gasteiger partial charge is 0.203 e. The van der Waals surface area contributed by atoms with Gasteiger partial charge in [-0.25, -0.2) is 0 Å². The molecular formula is C27H36Cl2N2O4. The van der Waals surface area contributed by atoms with Crippen molar-refractivity contribution in [3.05, 3.63) is 89.5 Å². The van der Waals surface area contributed by atoms with Crippen molar-refractivity contribution in [2.24, 2.45) is 0 Å². The number of halogens is 2. The van der Waals surface area contributed by atoms with Gasteiger partial charge in [0.2, 0.25) is 5.75 Å². The molecule has 0 atom stereocenters. The lowest BCUT2D eigenvalue weighted by molar-refractivity contribution is 0.104. The third-order valence-corrected chi connectivity index (χ3v) is 6.18. The van der Waals surface area contributed by atoms with E-state index >= 15 is 0 Å². The summed E-state index contributed by atoms with van der Waals surface area (Å²) in [4.78, 5) is 5.07. The van der Waals surface area contributed by atoms with E-state index in [1.165, 1.54) is 11.1 Å². The zero-order valence-corrected chi connectivity index (χ0v) is 22.1. The normalized spacial score (nSPS) is 13.7. The van der Waals surface area contributed by atoms with Crippen molar-refractivity contribution in [2.45, 2.75) is 12.6 Å². The van der Waals surface area contributed by atoms with Crippen molar-refractivity contribution >= 4 is 24.8 Å². The van der Waals surface area contributed by atoms with Crippen molar-refractivity contribution in [3.63, 3.8) is 0 Å². The SMILES string of the molecule is COc1ccc(CN2CCN(C(c3ccccc3)c3ccccc3)CC2)c(OC)c1OC.Cl.Cl.O. The van der Waals surface area contributed by atoms with E-state index in [4.69, 9.17) is 14.2 Å². The number of benzene rings is 3. The maximum absolute atomic E-state index is 5.68. The van der Waals surface area contributed by atoms with E-state index in [-0.39, 0.29) is 36.3 Å². The molecule has 1 fully saturated rings. The molecule has 1 aliphatic heterocycles. The molecule has 6 nitrogen and oxygen atoms in total. The second-order valence-corrected chi connectivity index (χ2v) is 8.03. The lowest BCUT2D eigenvalue weighted by Gasteiger charge is -2.40. The second kappa shape index (κ2) is 14.8. The largest absolute Gasteiger partial charge is 0.493 e. The van der Waals surface area contributed by atoms with Crippen LogP contribution in [0.25, 0.3) is 0 Å². The predicted molar refractivity (Wildman–Crippen MR) is 146 cm³/mol. The third-order valence-electron chi connectivity index (χ3n) is 6.18. The fourth-order valence-electron chi connectivity index (χ4n) is 4.59. The van der Waals surface area contributed by atoms with Crippen molar-refractivity contribution in [3.8, 4) is 17.2 Å². The first kappa shape index (κ1) is 30.6. The summed E-state index contributed by atoms with van der Waals surface area (Å²) in [7, 11) is 4.98. The van der Waals surface area contributed by atoms with Crippen LogP contribution in [0.2, 0.25) is 0 Å². The van der Waals surface area contributed by atoms with Gasteiger partial charge in [-0.15, -0.1) is 24.8 Å². The number of piperazine rings is 1. The highest BCUT2D eigenvalue weighted by Crippen LogP contribution is 2.40. The average Bonchev–Trinajstić information content (AvgIpc) is 2.86. The van der Waals surface area contributed by atoms with Gasteiger partial charge in [-0.2, -0.15) is 0 Å². The lowest BCUT2D eigenvalue weighted by Crippen LogP contribution is -2.47. The number of methoxy groups -OCH3 is 3. The van der Waals surface area contributed by atoms with Crippen molar-refractivity contribution in [1.82, 2.24) is 9.80 Å². The van der Waals surface area contributed by atoms with Gasteiger partial charge >= 0.3 is 0 Å². The Kier molecular flexibility index (Phi) is 12.9. The highest BCUT2D eigenvalue weighted by molar-refractivity contribution is 5.85. The van der Waals surface area contributed by atoms with Crippen LogP contribution in [-0.4, -0.2) is 62.8 Å². The van der Waals surface area contributed by atoms with E-state index < -0.39 is 0 Å². The van der Waals surface area contributed by atoms with E-state index in [1.807, 2.05) is 6.07 Å². The zero-order valence-electron chi connectivity index (χ0n) is 20.5. The van der Waals surface area contributed by atoms with Gasteiger partial charge in [0.25, 0.3) is 0 Å². The average molecular weight is 524 g/mol. The van der Waals surface area contributed by atoms with E-state index in [1.54, 1.807) is 21.3 Å². The Morgan fingerprint density at radius 1 is 0.657 bits per heavy atom. The molecule has 3 aromatic carbocycles. The molecule has 0 unspecified atom stereocenters. The van der Waals surface area contributed by atoms with E-state index in [9.17, 15) is 0 Å². The Morgan fingerprint density at radius 2 is 1.17 bits per heavy atom. The summed E-state index contributed by atoms with van der Waals surface area (Å²) in [5.74, 6) is 2.09. The molecule has 0 saturated carbocycles. The molecule has 1 saturated heterocycles. The zero-order chi connectivity index (χ0) is 22.3. The molecule has 4 rings (SSSR count). The van der Waals surface area contributed by atoms with Crippen LogP contribution in [0.1, 0.15) is 22.7 Å². The van der Waals surface area contributed by atoms with Gasteiger partial charge in [0.15, 0.2) is 11.5 Å². The molecule has 0 amide bonds. The molecule has 0 aliphatic carbocycles. The first-order valence-electron chi connectivity index (χ1n) is 11.1. The van der Waals surface area contributed by atoms with Crippen LogP contribution in [0.4, 0.5) is 0 Å². The lowest BCUT2D eigenvalue weighted by atomic mass is 9.96. The molecule has 192 valence electrons. The van der Waals surface area contributed by atoms with Crippen LogP contribution in [0.3, 0.4) is 0 Å². The van der Waals surface area contributed by atoms with E-state index in [2.05, 4.69) is 76.5 Å². The van der Waals surface area contributed by atoms with Gasteiger partial charge in [-0.3, -0.25) is 9.80 Å². The van der Waals surface area contributed by atoms with Crippen LogP contribution in [-0.2, 0) is 6.54 Å². The summed E-state index contributed by atoms with van der Waals surface area (Å²) in [6, 6.07) is 25.9. The summed E-state index contributed by atoms with van der Waals surface area (Å²) in [5, 5.41) is 0. The fraction of sp³-hybridized carbons (Fsp3) is 0.333. The number of hydrogen-bond acceptors (Lipinski definition) is 5. The highest BCUT2D eigenvalue weighted by atomic mass is 35.5. The Bertz CT molecular complexity index is 961. The van der Waals surface area contributed by atoms with Gasteiger partial charge < -0.3 is 19.7 Å². The Balaban J connectivity index is 0.00000204. The first-order valence-corrected chi connectivity index (χ1v) is 11.1. The molecule has 0 bridgehead atoms. The first-order chi connectivity index (χ1) is 15.7. The molecule has 35 heavy (non-hydrogen) atoms. The van der Waals surface area contributed by atoms with Crippen LogP contribution in [0.15, 0.2) is 72.8 Å². The maximum Gasteiger partial charge on any atom is 0.203 e. The summed E-state index contributed by atoms with van der Waals surface area (Å²) in [6.45, 7) is 4.81. The number of nitrogens with zero attached hydrogens (tertiary/aromatic N) is 2. The van der Waals surface area contributed by atoms with Gasteiger partial charge in [0, 0.05) is 38.3 Å². The summed E-state index contributed by atoms with van der Waals surface area (Å²) in [6.07, 6.45) is 0. The minimum atomic E-state index is 0. The minimum Gasteiger partial charge on any atom is -0.493 e. The number of ether oxygens (including phenoxy) is 3. The standard InChI is InChI=1S/C27H32N2O3.2ClH.H2O/c1-30-24-15-14-23(26(31-2)27(24)32-3)20-28-16-18-29(19-17-28)25(21-10-6-4-7-11-21)22-12-8-5-9-13-22;;;/h4-15,25H,16-20H2,1-3H3;2*1H;1H2. The predicted octanol–water partition coefficient (Wildman–Crippen LogP) is 4.64. The highest BCUT2D eigenvalue weighted by Gasteiger charge is 2.27. The Hall–Kier alpha value is -2.48. The van der Waals surface area contributed by atoms with Crippen molar-refractivity contribution in [2.75, 3.05) is 47.5 Å². The number of rotatable bonds is 8. The maximum atomic E-state index is 5.68. The Labute approximate surface area is 220 Å². The van der Waals surface area contributed by atoms with Gasteiger partial charge in [-0.05, 0) is 17.2 Å². The van der Waals surface area contributed by atoms with Crippen LogP contribution < -0.4 is 14.2 Å². The van der Waals surface area contributed by atoms with Crippen molar-refractivity contribution in [1.29, 1.82) is 0 Å². The summed E-state index contributed by atoms with van der Waals surface area (Å²) >= 11 is 0. The second-order valence-electron chi connectivity index (χ2n) is 8.03. The Morgan fingerprint density at radius 3 is 1.63 bits per heavy atom. The van der Waals surface area contributed by atoms with Gasteiger partial charge in [0.05, 0.1) is 27.4 Å². The molecule has 0 spiro atoms. The quantitative estimate of drug-likeness (QED) is 0.431. The molecule has 1 aliphatic rings. The molecule has 1 heterocycles. The van der Waals surface area contributed by atoms with E-state index in [0.29, 0.717) is 11.5 Å². The fourth-order valence-corrected chi connectivity index (χ4v) is 4.59. The molecule has 8 heteroatoms. The topological polar surface area (TPSA) is 65.7 Å². The molecular weight excluding hydrogens is 487 g/mol. The molecule has 3 aromatic rings. The number of hydrogen-bond donors (Lipinski definition) is 0. The summed E-state index contributed by atoms with van der Waals surface area (Å²) in [5.41, 5.74) is 3.80. The summed E-state index contributed by atoms with van der Waals surface area (Å²) < 4.78 is 16.7. The third kappa shape index (κ3) is 7.03.